The molecule has 2 nitrogen and oxygen atoms in total. The average molecular weight is 183 g/mol. The molecule has 1 atom stereocenters. The highest BCUT2D eigenvalue weighted by Crippen LogP contribution is 2.38. The molecular formula is C7H12F3NO. The first-order chi connectivity index (χ1) is 5.33. The number of halogens is 3. The highest BCUT2D eigenvalue weighted by molar-refractivity contribution is 4.83. The van der Waals surface area contributed by atoms with Crippen LogP contribution in [0.1, 0.15) is 25.7 Å². The van der Waals surface area contributed by atoms with Crippen LogP contribution < -0.4 is 5.73 Å². The molecule has 0 bridgehead atoms. The number of nitrogens with two attached hydrogens (primary N) is 1. The van der Waals surface area contributed by atoms with E-state index in [1.54, 1.807) is 0 Å². The summed E-state index contributed by atoms with van der Waals surface area (Å²) >= 11 is 0. The Morgan fingerprint density at radius 3 is 2.17 bits per heavy atom. The molecule has 0 heterocycles. The average Bonchev–Trinajstić information content (AvgIpc) is 2.62. The van der Waals surface area contributed by atoms with Gasteiger partial charge in [0.2, 0.25) is 5.72 Å². The van der Waals surface area contributed by atoms with E-state index in [0.29, 0.717) is 12.3 Å². The summed E-state index contributed by atoms with van der Waals surface area (Å²) in [6.45, 7) is 0. The van der Waals surface area contributed by atoms with Crippen molar-refractivity contribution >= 4 is 0 Å². The number of hydrogen-bond donors (Lipinski definition) is 2. The summed E-state index contributed by atoms with van der Waals surface area (Å²) in [4.78, 5) is 0. The highest BCUT2D eigenvalue weighted by Gasteiger charge is 2.50. The van der Waals surface area contributed by atoms with Crippen molar-refractivity contribution in [3.63, 3.8) is 0 Å². The van der Waals surface area contributed by atoms with Crippen LogP contribution in [0.5, 0.6) is 0 Å². The Bertz CT molecular complexity index is 163. The van der Waals surface area contributed by atoms with Crippen LogP contribution in [0.2, 0.25) is 0 Å². The molecule has 3 N–H and O–H groups in total. The van der Waals surface area contributed by atoms with Crippen molar-refractivity contribution < 1.29 is 18.3 Å². The highest BCUT2D eigenvalue weighted by atomic mass is 19.4. The summed E-state index contributed by atoms with van der Waals surface area (Å²) in [5.74, 6) is 0.349. The predicted octanol–water partition coefficient (Wildman–Crippen LogP) is 1.39. The third-order valence-electron chi connectivity index (χ3n) is 2.12. The zero-order valence-electron chi connectivity index (χ0n) is 6.56. The molecule has 1 aliphatic carbocycles. The Hall–Kier alpha value is -0.290. The third kappa shape index (κ3) is 2.35. The maximum Gasteiger partial charge on any atom is 0.430 e. The van der Waals surface area contributed by atoms with E-state index in [2.05, 4.69) is 0 Å². The lowest BCUT2D eigenvalue weighted by Crippen LogP contribution is -2.53. The maximum absolute atomic E-state index is 11.9. The van der Waals surface area contributed by atoms with Gasteiger partial charge in [0.05, 0.1) is 0 Å². The van der Waals surface area contributed by atoms with Crippen LogP contribution in [0.4, 0.5) is 13.2 Å². The van der Waals surface area contributed by atoms with Gasteiger partial charge >= 0.3 is 6.18 Å². The van der Waals surface area contributed by atoms with Gasteiger partial charge in [-0.2, -0.15) is 13.2 Å². The van der Waals surface area contributed by atoms with Crippen molar-refractivity contribution in [2.45, 2.75) is 37.6 Å². The topological polar surface area (TPSA) is 46.2 Å². The second-order valence-electron chi connectivity index (χ2n) is 3.40. The van der Waals surface area contributed by atoms with Crippen molar-refractivity contribution in [1.82, 2.24) is 0 Å². The Kier molecular flexibility index (Phi) is 2.35. The lowest BCUT2D eigenvalue weighted by atomic mass is 10.1. The van der Waals surface area contributed by atoms with Crippen LogP contribution in [0.3, 0.4) is 0 Å². The van der Waals surface area contributed by atoms with Crippen molar-refractivity contribution in [2.24, 2.45) is 11.7 Å². The molecular weight excluding hydrogens is 171 g/mol. The van der Waals surface area contributed by atoms with E-state index in [0.717, 1.165) is 12.8 Å². The van der Waals surface area contributed by atoms with Crippen molar-refractivity contribution in [3.05, 3.63) is 0 Å². The lowest BCUT2D eigenvalue weighted by Gasteiger charge is -2.25. The van der Waals surface area contributed by atoms with Gasteiger partial charge in [0, 0.05) is 0 Å². The van der Waals surface area contributed by atoms with Gasteiger partial charge in [-0.3, -0.25) is 5.73 Å². The molecule has 0 aromatic carbocycles. The zero-order chi connectivity index (χ0) is 9.41. The molecule has 5 heteroatoms. The van der Waals surface area contributed by atoms with Gasteiger partial charge in [0.15, 0.2) is 0 Å². The molecule has 0 aromatic rings. The molecule has 1 rings (SSSR count). The van der Waals surface area contributed by atoms with E-state index in [9.17, 15) is 13.2 Å². The van der Waals surface area contributed by atoms with Gasteiger partial charge in [-0.05, 0) is 18.8 Å². The smallest absolute Gasteiger partial charge is 0.368 e. The second kappa shape index (κ2) is 2.88. The van der Waals surface area contributed by atoms with Crippen LogP contribution in [-0.4, -0.2) is 17.0 Å². The van der Waals surface area contributed by atoms with Gasteiger partial charge in [0.1, 0.15) is 0 Å². The summed E-state index contributed by atoms with van der Waals surface area (Å²) in [6, 6.07) is 0. The van der Waals surface area contributed by atoms with E-state index < -0.39 is 11.9 Å². The van der Waals surface area contributed by atoms with Crippen LogP contribution in [-0.2, 0) is 0 Å². The summed E-state index contributed by atoms with van der Waals surface area (Å²) in [7, 11) is 0. The Labute approximate surface area is 68.6 Å². The molecule has 0 amide bonds. The quantitative estimate of drug-likeness (QED) is 0.649. The summed E-state index contributed by atoms with van der Waals surface area (Å²) < 4.78 is 35.8. The van der Waals surface area contributed by atoms with Crippen LogP contribution in [0, 0.1) is 5.92 Å². The molecule has 72 valence electrons. The Morgan fingerprint density at radius 1 is 1.33 bits per heavy atom. The minimum atomic E-state index is -4.71. The fourth-order valence-electron chi connectivity index (χ4n) is 0.972. The van der Waals surface area contributed by atoms with E-state index in [-0.39, 0.29) is 6.42 Å². The maximum atomic E-state index is 11.9. The van der Waals surface area contributed by atoms with Crippen LogP contribution in [0.25, 0.3) is 0 Å². The van der Waals surface area contributed by atoms with Gasteiger partial charge in [-0.1, -0.05) is 12.8 Å². The molecule has 12 heavy (non-hydrogen) atoms. The van der Waals surface area contributed by atoms with Crippen LogP contribution >= 0.6 is 0 Å². The second-order valence-corrected chi connectivity index (χ2v) is 3.40. The predicted molar refractivity (Wildman–Crippen MR) is 37.2 cm³/mol. The molecule has 0 radical (unpaired) electrons. The van der Waals surface area contributed by atoms with E-state index in [1.807, 2.05) is 0 Å². The zero-order valence-corrected chi connectivity index (χ0v) is 6.56. The molecule has 0 aliphatic heterocycles. The normalized spacial score (nSPS) is 23.8. The summed E-state index contributed by atoms with van der Waals surface area (Å²) in [5, 5.41) is 8.78. The Morgan fingerprint density at radius 2 is 1.83 bits per heavy atom. The summed E-state index contributed by atoms with van der Waals surface area (Å²) in [5.41, 5.74) is 1.71. The third-order valence-corrected chi connectivity index (χ3v) is 2.12. The van der Waals surface area contributed by atoms with E-state index >= 15 is 0 Å². The molecule has 0 aromatic heterocycles. The van der Waals surface area contributed by atoms with E-state index in [1.165, 1.54) is 0 Å². The van der Waals surface area contributed by atoms with Gasteiger partial charge in [-0.25, -0.2) is 0 Å². The van der Waals surface area contributed by atoms with Gasteiger partial charge in [0.25, 0.3) is 0 Å². The van der Waals surface area contributed by atoms with Crippen LogP contribution in [0.15, 0.2) is 0 Å². The molecule has 1 saturated carbocycles. The number of hydrogen-bond acceptors (Lipinski definition) is 2. The first-order valence-corrected chi connectivity index (χ1v) is 3.91. The minimum Gasteiger partial charge on any atom is -0.368 e. The molecule has 1 fully saturated rings. The number of alkyl halides is 3. The SMILES string of the molecule is NC(O)(CCC1CC1)C(F)(F)F. The van der Waals surface area contributed by atoms with Gasteiger partial charge in [-0.15, -0.1) is 0 Å². The largest absolute Gasteiger partial charge is 0.430 e. The minimum absolute atomic E-state index is 0.349. The molecule has 1 unspecified atom stereocenters. The Balaban J connectivity index is 2.35. The van der Waals surface area contributed by atoms with E-state index in [4.69, 9.17) is 10.8 Å². The number of rotatable bonds is 3. The monoisotopic (exact) mass is 183 g/mol. The molecule has 0 saturated heterocycles. The fourth-order valence-corrected chi connectivity index (χ4v) is 0.972. The fraction of sp³-hybridized carbons (Fsp3) is 1.00. The van der Waals surface area contributed by atoms with Crippen molar-refractivity contribution in [3.8, 4) is 0 Å². The summed E-state index contributed by atoms with van der Waals surface area (Å²) in [6.07, 6.45) is -2.79. The van der Waals surface area contributed by atoms with Crippen molar-refractivity contribution in [1.29, 1.82) is 0 Å². The first-order valence-electron chi connectivity index (χ1n) is 3.91. The number of aliphatic hydroxyl groups is 1. The van der Waals surface area contributed by atoms with Gasteiger partial charge < -0.3 is 5.11 Å². The lowest BCUT2D eigenvalue weighted by molar-refractivity contribution is -0.261. The standard InChI is InChI=1S/C7H12F3NO/c8-7(9,10)6(11,12)4-3-5-1-2-5/h5,12H,1-4,11H2. The first kappa shape index (κ1) is 9.80. The van der Waals surface area contributed by atoms with Crippen molar-refractivity contribution in [2.75, 3.05) is 0 Å². The molecule has 0 spiro atoms. The molecule has 1 aliphatic rings.